The van der Waals surface area contributed by atoms with E-state index >= 15 is 0 Å². The fraction of sp³-hybridized carbons (Fsp3) is 0.304. The molecule has 1 atom stereocenters. The average molecular weight is 391 g/mol. The minimum absolute atomic E-state index is 0.0274. The van der Waals surface area contributed by atoms with Gasteiger partial charge in [0.2, 0.25) is 5.91 Å². The molecule has 0 spiro atoms. The zero-order valence-electron chi connectivity index (χ0n) is 16.6. The summed E-state index contributed by atoms with van der Waals surface area (Å²) in [5.74, 6) is -0.243. The van der Waals surface area contributed by atoms with E-state index in [0.29, 0.717) is 13.1 Å². The number of aromatic amines is 1. The summed E-state index contributed by atoms with van der Waals surface area (Å²) in [7, 11) is 0. The smallest absolute Gasteiger partial charge is 0.287 e. The minimum atomic E-state index is -0.587. The van der Waals surface area contributed by atoms with Gasteiger partial charge in [-0.15, -0.1) is 0 Å². The molecule has 1 unspecified atom stereocenters. The topological polar surface area (TPSA) is 78.3 Å². The number of para-hydroxylation sites is 1. The second-order valence-corrected chi connectivity index (χ2v) is 7.68. The highest BCUT2D eigenvalue weighted by Crippen LogP contribution is 2.29. The van der Waals surface area contributed by atoms with Crippen molar-refractivity contribution >= 4 is 28.3 Å². The quantitative estimate of drug-likeness (QED) is 0.694. The van der Waals surface area contributed by atoms with Crippen LogP contribution in [0.4, 0.5) is 0 Å². The molecule has 1 aromatic carbocycles. The Hall–Kier alpha value is -3.28. The molecular formula is C23H25N3O3. The van der Waals surface area contributed by atoms with Crippen molar-refractivity contribution in [1.29, 1.82) is 0 Å². The van der Waals surface area contributed by atoms with Crippen molar-refractivity contribution in [3.63, 3.8) is 0 Å². The van der Waals surface area contributed by atoms with Gasteiger partial charge >= 0.3 is 0 Å². The first-order valence-electron chi connectivity index (χ1n) is 9.93. The standard InChI is InChI=1S/C23H25N3O3/c1-15(2)21(25-22(27)20-8-5-13-29-20)23(28)26-11-9-16(10-12-26)18-14-24-19-7-4-3-6-17(18)19/h3-9,13-15,21,24H,10-12H2,1-2H3,(H,25,27). The fourth-order valence-electron chi connectivity index (χ4n) is 3.78. The number of rotatable bonds is 5. The van der Waals surface area contributed by atoms with E-state index in [2.05, 4.69) is 28.5 Å². The van der Waals surface area contributed by atoms with E-state index in [4.69, 9.17) is 4.42 Å². The van der Waals surface area contributed by atoms with Crippen LogP contribution in [-0.4, -0.2) is 40.8 Å². The Morgan fingerprint density at radius 2 is 2.00 bits per heavy atom. The number of carbonyl (C=O) groups excluding carboxylic acids is 2. The molecule has 0 fully saturated rings. The van der Waals surface area contributed by atoms with E-state index in [1.165, 1.54) is 22.8 Å². The van der Waals surface area contributed by atoms with Crippen LogP contribution < -0.4 is 5.32 Å². The van der Waals surface area contributed by atoms with Crippen molar-refractivity contribution in [2.75, 3.05) is 13.1 Å². The van der Waals surface area contributed by atoms with Crippen molar-refractivity contribution in [2.24, 2.45) is 5.92 Å². The molecule has 150 valence electrons. The number of nitrogens with one attached hydrogen (secondary N) is 2. The molecule has 29 heavy (non-hydrogen) atoms. The number of aromatic nitrogens is 1. The van der Waals surface area contributed by atoms with Crippen LogP contribution in [0.15, 0.2) is 59.4 Å². The van der Waals surface area contributed by atoms with Crippen LogP contribution in [0.5, 0.6) is 0 Å². The maximum atomic E-state index is 13.1. The summed E-state index contributed by atoms with van der Waals surface area (Å²) < 4.78 is 5.14. The molecule has 0 aliphatic carbocycles. The van der Waals surface area contributed by atoms with E-state index < -0.39 is 6.04 Å². The molecule has 6 nitrogen and oxygen atoms in total. The second-order valence-electron chi connectivity index (χ2n) is 7.68. The number of benzene rings is 1. The maximum Gasteiger partial charge on any atom is 0.287 e. The van der Waals surface area contributed by atoms with Crippen LogP contribution in [0.3, 0.4) is 0 Å². The molecule has 6 heteroatoms. The van der Waals surface area contributed by atoms with Gasteiger partial charge in [-0.3, -0.25) is 9.59 Å². The van der Waals surface area contributed by atoms with Gasteiger partial charge in [0.15, 0.2) is 5.76 Å². The normalized spacial score (nSPS) is 15.4. The Labute approximate surface area is 169 Å². The molecule has 1 aliphatic heterocycles. The maximum absolute atomic E-state index is 13.1. The lowest BCUT2D eigenvalue weighted by Gasteiger charge is -2.31. The summed E-state index contributed by atoms with van der Waals surface area (Å²) in [6.07, 6.45) is 6.38. The molecule has 3 heterocycles. The highest BCUT2D eigenvalue weighted by atomic mass is 16.3. The third-order valence-corrected chi connectivity index (χ3v) is 5.42. The fourth-order valence-corrected chi connectivity index (χ4v) is 3.78. The Bertz CT molecular complexity index is 1050. The van der Waals surface area contributed by atoms with E-state index in [0.717, 1.165) is 11.9 Å². The number of amides is 2. The number of nitrogens with zero attached hydrogens (tertiary/aromatic N) is 1. The lowest BCUT2D eigenvalue weighted by molar-refractivity contribution is -0.133. The molecule has 0 saturated heterocycles. The molecule has 2 N–H and O–H groups in total. The number of hydrogen-bond acceptors (Lipinski definition) is 3. The monoisotopic (exact) mass is 391 g/mol. The van der Waals surface area contributed by atoms with Crippen LogP contribution in [0.1, 0.15) is 36.4 Å². The number of fused-ring (bicyclic) bond motifs is 1. The van der Waals surface area contributed by atoms with Crippen molar-refractivity contribution in [3.8, 4) is 0 Å². The van der Waals surface area contributed by atoms with Gasteiger partial charge in [0.1, 0.15) is 6.04 Å². The molecule has 4 rings (SSSR count). The zero-order valence-corrected chi connectivity index (χ0v) is 16.6. The number of H-pyrrole nitrogens is 1. The molecule has 0 saturated carbocycles. The van der Waals surface area contributed by atoms with Gasteiger partial charge in [-0.2, -0.15) is 0 Å². The summed E-state index contributed by atoms with van der Waals surface area (Å²) >= 11 is 0. The van der Waals surface area contributed by atoms with Gasteiger partial charge in [-0.1, -0.05) is 38.1 Å². The van der Waals surface area contributed by atoms with Crippen LogP contribution >= 0.6 is 0 Å². The van der Waals surface area contributed by atoms with Gasteiger partial charge in [-0.05, 0) is 36.1 Å². The van der Waals surface area contributed by atoms with Crippen molar-refractivity contribution in [2.45, 2.75) is 26.3 Å². The van der Waals surface area contributed by atoms with Crippen LogP contribution in [0.25, 0.3) is 16.5 Å². The van der Waals surface area contributed by atoms with Gasteiger partial charge in [0.05, 0.1) is 6.26 Å². The van der Waals surface area contributed by atoms with Gasteiger partial charge in [-0.25, -0.2) is 0 Å². The molecule has 1 aliphatic rings. The predicted molar refractivity (Wildman–Crippen MR) is 112 cm³/mol. The van der Waals surface area contributed by atoms with Crippen LogP contribution in [-0.2, 0) is 4.79 Å². The van der Waals surface area contributed by atoms with Gasteiger partial charge in [0, 0.05) is 35.8 Å². The van der Waals surface area contributed by atoms with E-state index in [-0.39, 0.29) is 23.5 Å². The van der Waals surface area contributed by atoms with Crippen LogP contribution in [0, 0.1) is 5.92 Å². The zero-order chi connectivity index (χ0) is 20.4. The summed E-state index contributed by atoms with van der Waals surface area (Å²) in [5, 5.41) is 4.03. The Morgan fingerprint density at radius 3 is 2.69 bits per heavy atom. The van der Waals surface area contributed by atoms with Crippen molar-refractivity contribution in [3.05, 3.63) is 66.3 Å². The van der Waals surface area contributed by atoms with Gasteiger partial charge < -0.3 is 19.6 Å². The summed E-state index contributed by atoms with van der Waals surface area (Å²) in [6, 6.07) is 10.9. The Kier molecular flexibility index (Phi) is 5.25. The Morgan fingerprint density at radius 1 is 1.17 bits per heavy atom. The minimum Gasteiger partial charge on any atom is -0.459 e. The first-order chi connectivity index (χ1) is 14.0. The van der Waals surface area contributed by atoms with E-state index in [1.54, 1.807) is 12.1 Å². The van der Waals surface area contributed by atoms with Crippen LogP contribution in [0.2, 0.25) is 0 Å². The third kappa shape index (κ3) is 3.83. The lowest BCUT2D eigenvalue weighted by atomic mass is 9.97. The Balaban J connectivity index is 1.47. The predicted octanol–water partition coefficient (Wildman–Crippen LogP) is 3.83. The first kappa shape index (κ1) is 19.1. The lowest BCUT2D eigenvalue weighted by Crippen LogP contribution is -2.52. The largest absolute Gasteiger partial charge is 0.459 e. The summed E-state index contributed by atoms with van der Waals surface area (Å²) in [6.45, 7) is 5.03. The van der Waals surface area contributed by atoms with Crippen molar-refractivity contribution < 1.29 is 14.0 Å². The summed E-state index contributed by atoms with van der Waals surface area (Å²) in [4.78, 5) is 30.6. The SMILES string of the molecule is CC(C)C(NC(=O)c1ccco1)C(=O)N1CC=C(c2c[nH]c3ccccc23)CC1. The molecule has 0 radical (unpaired) electrons. The van der Waals surface area contributed by atoms with Gasteiger partial charge in [0.25, 0.3) is 5.91 Å². The molecule has 2 aromatic heterocycles. The summed E-state index contributed by atoms with van der Waals surface area (Å²) in [5.41, 5.74) is 3.55. The van der Waals surface area contributed by atoms with E-state index in [1.807, 2.05) is 37.1 Å². The third-order valence-electron chi connectivity index (χ3n) is 5.42. The average Bonchev–Trinajstić information content (AvgIpc) is 3.41. The number of furan rings is 1. The molecule has 3 aromatic rings. The second kappa shape index (κ2) is 7.99. The molecule has 0 bridgehead atoms. The highest BCUT2D eigenvalue weighted by Gasteiger charge is 2.30. The first-order valence-corrected chi connectivity index (χ1v) is 9.93. The molecular weight excluding hydrogens is 366 g/mol. The highest BCUT2D eigenvalue weighted by molar-refractivity contribution is 5.96. The van der Waals surface area contributed by atoms with Crippen molar-refractivity contribution in [1.82, 2.24) is 15.2 Å². The molecule has 2 amide bonds. The van der Waals surface area contributed by atoms with E-state index in [9.17, 15) is 9.59 Å². The number of carbonyl (C=O) groups is 2. The number of hydrogen-bond donors (Lipinski definition) is 2.